The van der Waals surface area contributed by atoms with E-state index in [1.807, 2.05) is 84.1 Å². The predicted molar refractivity (Wildman–Crippen MR) is 199 cm³/mol. The standard InChI is InChI=1S/C43H25N3OS/c1-3-10-27(11-4-1)41-44-42(28-12-5-2-6-13-28)46-43(45-41)33-15-9-16-35-39(33)31-22-20-30(25-36(31)47-35)29-19-18-26-21-23-38-40(34(26)24-29)32-14-7-8-17-37(32)48-38/h1-25H. The highest BCUT2D eigenvalue weighted by atomic mass is 32.1. The Balaban J connectivity index is 1.14. The molecule has 0 fully saturated rings. The van der Waals surface area contributed by atoms with Gasteiger partial charge in [0.05, 0.1) is 0 Å². The highest BCUT2D eigenvalue weighted by Crippen LogP contribution is 2.41. The predicted octanol–water partition coefficient (Wildman–Crippen LogP) is 12.0. The van der Waals surface area contributed by atoms with Gasteiger partial charge in [0.2, 0.25) is 0 Å². The zero-order valence-corrected chi connectivity index (χ0v) is 26.4. The van der Waals surface area contributed by atoms with Gasteiger partial charge in [-0.2, -0.15) is 0 Å². The van der Waals surface area contributed by atoms with Crippen molar-refractivity contribution >= 4 is 64.2 Å². The molecule has 0 N–H and O–H groups in total. The van der Waals surface area contributed by atoms with Gasteiger partial charge in [0, 0.05) is 47.6 Å². The Labute approximate surface area is 279 Å². The highest BCUT2D eigenvalue weighted by Gasteiger charge is 2.18. The van der Waals surface area contributed by atoms with E-state index < -0.39 is 0 Å². The Kier molecular flexibility index (Phi) is 6.01. The number of nitrogens with zero attached hydrogens (tertiary/aromatic N) is 3. The van der Waals surface area contributed by atoms with E-state index in [9.17, 15) is 0 Å². The van der Waals surface area contributed by atoms with Crippen LogP contribution in [0.15, 0.2) is 156 Å². The van der Waals surface area contributed by atoms with Crippen LogP contribution in [0.25, 0.3) is 98.2 Å². The third-order valence-corrected chi connectivity index (χ3v) is 10.3. The second-order valence-corrected chi connectivity index (χ2v) is 13.1. The number of fused-ring (bicyclic) bond motifs is 8. The molecule has 0 atom stereocenters. The summed E-state index contributed by atoms with van der Waals surface area (Å²) in [4.78, 5) is 14.9. The first-order valence-corrected chi connectivity index (χ1v) is 16.8. The fourth-order valence-corrected chi connectivity index (χ4v) is 7.97. The first-order valence-electron chi connectivity index (χ1n) is 15.9. The molecule has 3 aromatic heterocycles. The number of hydrogen-bond donors (Lipinski definition) is 0. The third kappa shape index (κ3) is 4.33. The van der Waals surface area contributed by atoms with Gasteiger partial charge < -0.3 is 4.42 Å². The van der Waals surface area contributed by atoms with Gasteiger partial charge in [-0.05, 0) is 58.3 Å². The average molecular weight is 632 g/mol. The summed E-state index contributed by atoms with van der Waals surface area (Å²) in [7, 11) is 0. The summed E-state index contributed by atoms with van der Waals surface area (Å²) >= 11 is 1.85. The molecule has 4 nitrogen and oxygen atoms in total. The molecule has 10 aromatic rings. The van der Waals surface area contributed by atoms with Crippen molar-refractivity contribution in [1.29, 1.82) is 0 Å². The lowest BCUT2D eigenvalue weighted by Crippen LogP contribution is -2.00. The third-order valence-electron chi connectivity index (χ3n) is 9.13. The Morgan fingerprint density at radius 3 is 1.85 bits per heavy atom. The summed E-state index contributed by atoms with van der Waals surface area (Å²) in [6.07, 6.45) is 0. The molecule has 224 valence electrons. The zero-order valence-electron chi connectivity index (χ0n) is 25.6. The molecular weight excluding hydrogens is 607 g/mol. The number of furan rings is 1. The maximum absolute atomic E-state index is 6.54. The van der Waals surface area contributed by atoms with Crippen LogP contribution in [0.2, 0.25) is 0 Å². The van der Waals surface area contributed by atoms with E-state index in [-0.39, 0.29) is 0 Å². The SMILES string of the molecule is c1ccc(-c2nc(-c3ccccc3)nc(-c3cccc4oc5cc(-c6ccc7ccc8sc9ccccc9c8c7c6)ccc5c34)n2)cc1. The van der Waals surface area contributed by atoms with Gasteiger partial charge in [0.25, 0.3) is 0 Å². The number of hydrogen-bond acceptors (Lipinski definition) is 5. The molecular formula is C43H25N3OS. The van der Waals surface area contributed by atoms with E-state index in [1.165, 1.54) is 30.9 Å². The molecule has 0 unspecified atom stereocenters. The molecule has 0 aliphatic heterocycles. The van der Waals surface area contributed by atoms with Gasteiger partial charge in [-0.15, -0.1) is 11.3 Å². The van der Waals surface area contributed by atoms with Crippen molar-refractivity contribution in [2.45, 2.75) is 0 Å². The van der Waals surface area contributed by atoms with Crippen LogP contribution in [-0.2, 0) is 0 Å². The van der Waals surface area contributed by atoms with Gasteiger partial charge >= 0.3 is 0 Å². The largest absolute Gasteiger partial charge is 0.456 e. The van der Waals surface area contributed by atoms with E-state index >= 15 is 0 Å². The molecule has 0 radical (unpaired) electrons. The van der Waals surface area contributed by atoms with E-state index in [1.54, 1.807) is 0 Å². The fourth-order valence-electron chi connectivity index (χ4n) is 6.84. The molecule has 0 amide bonds. The highest BCUT2D eigenvalue weighted by molar-refractivity contribution is 7.26. The van der Waals surface area contributed by atoms with E-state index in [0.717, 1.165) is 49.8 Å². The first kappa shape index (κ1) is 27.0. The summed E-state index contributed by atoms with van der Waals surface area (Å²) in [5.74, 6) is 1.88. The quantitative estimate of drug-likeness (QED) is 0.194. The summed E-state index contributed by atoms with van der Waals surface area (Å²) in [5, 5.41) is 7.17. The van der Waals surface area contributed by atoms with Crippen LogP contribution < -0.4 is 0 Å². The minimum absolute atomic E-state index is 0.613. The van der Waals surface area contributed by atoms with Gasteiger partial charge in [0.1, 0.15) is 11.2 Å². The van der Waals surface area contributed by atoms with Crippen molar-refractivity contribution in [3.05, 3.63) is 152 Å². The lowest BCUT2D eigenvalue weighted by Gasteiger charge is -2.09. The van der Waals surface area contributed by atoms with Crippen molar-refractivity contribution in [2.24, 2.45) is 0 Å². The normalized spacial score (nSPS) is 11.8. The van der Waals surface area contributed by atoms with Crippen LogP contribution >= 0.6 is 11.3 Å². The van der Waals surface area contributed by atoms with E-state index in [2.05, 4.69) is 78.9 Å². The lowest BCUT2D eigenvalue weighted by atomic mass is 9.97. The van der Waals surface area contributed by atoms with E-state index in [4.69, 9.17) is 19.4 Å². The lowest BCUT2D eigenvalue weighted by molar-refractivity contribution is 0.669. The minimum Gasteiger partial charge on any atom is -0.456 e. The second-order valence-electron chi connectivity index (χ2n) is 12.0. The topological polar surface area (TPSA) is 51.8 Å². The fraction of sp³-hybridized carbons (Fsp3) is 0. The summed E-state index contributed by atoms with van der Waals surface area (Å²) in [6, 6.07) is 52.7. The van der Waals surface area contributed by atoms with Crippen molar-refractivity contribution in [2.75, 3.05) is 0 Å². The van der Waals surface area contributed by atoms with E-state index in [0.29, 0.717) is 17.5 Å². The summed E-state index contributed by atoms with van der Waals surface area (Å²) < 4.78 is 9.17. The monoisotopic (exact) mass is 631 g/mol. The number of benzene rings is 7. The smallest absolute Gasteiger partial charge is 0.164 e. The molecule has 0 aliphatic rings. The van der Waals surface area contributed by atoms with Gasteiger partial charge in [-0.1, -0.05) is 115 Å². The molecule has 0 saturated carbocycles. The van der Waals surface area contributed by atoms with Crippen LogP contribution in [0, 0.1) is 0 Å². The van der Waals surface area contributed by atoms with Crippen molar-refractivity contribution in [1.82, 2.24) is 15.0 Å². The molecule has 3 heterocycles. The van der Waals surface area contributed by atoms with Crippen LogP contribution in [0.4, 0.5) is 0 Å². The molecule has 10 rings (SSSR count). The number of rotatable bonds is 4. The Bertz CT molecular complexity index is 2780. The Morgan fingerprint density at radius 2 is 1.06 bits per heavy atom. The van der Waals surface area contributed by atoms with Crippen LogP contribution in [0.5, 0.6) is 0 Å². The molecule has 0 bridgehead atoms. The van der Waals surface area contributed by atoms with Crippen molar-refractivity contribution in [3.63, 3.8) is 0 Å². The second kappa shape index (κ2) is 10.7. The average Bonchev–Trinajstić information content (AvgIpc) is 3.73. The van der Waals surface area contributed by atoms with Crippen molar-refractivity contribution in [3.8, 4) is 45.3 Å². The van der Waals surface area contributed by atoms with Crippen LogP contribution in [-0.4, -0.2) is 15.0 Å². The maximum Gasteiger partial charge on any atom is 0.164 e. The molecule has 5 heteroatoms. The number of thiophene rings is 1. The van der Waals surface area contributed by atoms with Crippen molar-refractivity contribution < 1.29 is 4.42 Å². The molecule has 0 saturated heterocycles. The Hall–Kier alpha value is -6.17. The van der Waals surface area contributed by atoms with Gasteiger partial charge in [0.15, 0.2) is 17.5 Å². The number of aromatic nitrogens is 3. The zero-order chi connectivity index (χ0) is 31.6. The molecule has 7 aromatic carbocycles. The molecule has 0 aliphatic carbocycles. The maximum atomic E-state index is 6.54. The Morgan fingerprint density at radius 1 is 0.396 bits per heavy atom. The first-order chi connectivity index (χ1) is 23.8. The minimum atomic E-state index is 0.613. The van der Waals surface area contributed by atoms with Gasteiger partial charge in [-0.3, -0.25) is 0 Å². The molecule has 0 spiro atoms. The summed E-state index contributed by atoms with van der Waals surface area (Å²) in [5.41, 5.74) is 6.69. The van der Waals surface area contributed by atoms with Crippen LogP contribution in [0.1, 0.15) is 0 Å². The van der Waals surface area contributed by atoms with Crippen LogP contribution in [0.3, 0.4) is 0 Å². The van der Waals surface area contributed by atoms with Gasteiger partial charge in [-0.25, -0.2) is 15.0 Å². The molecule has 48 heavy (non-hydrogen) atoms. The summed E-state index contributed by atoms with van der Waals surface area (Å²) in [6.45, 7) is 0.